The molecular weight excluding hydrogens is 264 g/mol. The van der Waals surface area contributed by atoms with E-state index >= 15 is 0 Å². The van der Waals surface area contributed by atoms with Crippen LogP contribution >= 0.6 is 11.8 Å². The molecule has 2 rings (SSSR count). The van der Waals surface area contributed by atoms with Crippen LogP contribution in [0, 0.1) is 0 Å². The molecule has 0 aliphatic carbocycles. The molecule has 6 heteroatoms. The van der Waals surface area contributed by atoms with Gasteiger partial charge in [0, 0.05) is 24.2 Å². The Morgan fingerprint density at radius 3 is 2.74 bits per heavy atom. The molecule has 0 saturated carbocycles. The van der Waals surface area contributed by atoms with Crippen LogP contribution < -0.4 is 0 Å². The van der Waals surface area contributed by atoms with Crippen molar-refractivity contribution in [1.82, 2.24) is 9.88 Å². The molecule has 1 aliphatic rings. The minimum absolute atomic E-state index is 0.00539. The van der Waals surface area contributed by atoms with Gasteiger partial charge in [-0.05, 0) is 31.9 Å². The first kappa shape index (κ1) is 13.9. The first-order valence-electron chi connectivity index (χ1n) is 6.22. The van der Waals surface area contributed by atoms with Gasteiger partial charge in [-0.2, -0.15) is 0 Å². The maximum atomic E-state index is 12.1. The number of carboxylic acids is 1. The van der Waals surface area contributed by atoms with Crippen molar-refractivity contribution < 1.29 is 14.7 Å². The molecule has 2 heterocycles. The van der Waals surface area contributed by atoms with Crippen LogP contribution in [0.15, 0.2) is 23.2 Å². The predicted octanol–water partition coefficient (Wildman–Crippen LogP) is 1.88. The number of carboxylic acid groups (broad SMARTS) is 1. The summed E-state index contributed by atoms with van der Waals surface area (Å²) in [5.41, 5.74) is 0.00539. The number of amides is 1. The first-order chi connectivity index (χ1) is 9.08. The smallest absolute Gasteiger partial charge is 0.354 e. The van der Waals surface area contributed by atoms with Crippen molar-refractivity contribution in [3.8, 4) is 0 Å². The van der Waals surface area contributed by atoms with Gasteiger partial charge in [-0.25, -0.2) is 9.78 Å². The molecule has 19 heavy (non-hydrogen) atoms. The van der Waals surface area contributed by atoms with Crippen molar-refractivity contribution in [3.63, 3.8) is 0 Å². The molecule has 0 bridgehead atoms. The van der Waals surface area contributed by atoms with E-state index in [4.69, 9.17) is 5.11 Å². The zero-order chi connectivity index (χ0) is 13.8. The fourth-order valence-corrected chi connectivity index (χ4v) is 3.03. The van der Waals surface area contributed by atoms with Gasteiger partial charge in [-0.15, -0.1) is 11.8 Å². The van der Waals surface area contributed by atoms with Gasteiger partial charge in [0.15, 0.2) is 0 Å². The Bertz CT molecular complexity index is 487. The molecule has 102 valence electrons. The second-order valence-electron chi connectivity index (χ2n) is 4.47. The summed E-state index contributed by atoms with van der Waals surface area (Å²) in [6.07, 6.45) is 3.60. The molecule has 1 atom stereocenters. The minimum Gasteiger partial charge on any atom is -0.477 e. The van der Waals surface area contributed by atoms with Gasteiger partial charge in [0.25, 0.3) is 0 Å². The number of thioether (sulfide) groups is 1. The fourth-order valence-electron chi connectivity index (χ4n) is 2.05. The first-order valence-corrected chi connectivity index (χ1v) is 7.10. The van der Waals surface area contributed by atoms with E-state index in [1.807, 2.05) is 11.8 Å². The Kier molecular flexibility index (Phi) is 4.42. The number of carbonyl (C=O) groups excluding carboxylic acids is 1. The molecule has 1 N–H and O–H groups in total. The number of aromatic carboxylic acids is 1. The number of aromatic nitrogens is 1. The van der Waals surface area contributed by atoms with Crippen LogP contribution in [-0.2, 0) is 4.79 Å². The predicted molar refractivity (Wildman–Crippen MR) is 72.3 cm³/mol. The van der Waals surface area contributed by atoms with Crippen molar-refractivity contribution in [2.24, 2.45) is 0 Å². The van der Waals surface area contributed by atoms with Gasteiger partial charge < -0.3 is 10.0 Å². The van der Waals surface area contributed by atoms with Gasteiger partial charge in [0.2, 0.25) is 5.91 Å². The number of hydrogen-bond acceptors (Lipinski definition) is 4. The molecule has 5 nitrogen and oxygen atoms in total. The van der Waals surface area contributed by atoms with Crippen LogP contribution in [0.25, 0.3) is 0 Å². The number of pyridine rings is 1. The lowest BCUT2D eigenvalue weighted by Crippen LogP contribution is -2.34. The average molecular weight is 280 g/mol. The second kappa shape index (κ2) is 6.06. The highest BCUT2D eigenvalue weighted by Crippen LogP contribution is 2.25. The highest BCUT2D eigenvalue weighted by atomic mass is 32.2. The Labute approximate surface area is 116 Å². The van der Waals surface area contributed by atoms with Crippen molar-refractivity contribution >= 4 is 23.6 Å². The van der Waals surface area contributed by atoms with E-state index in [1.54, 1.807) is 6.07 Å². The number of likely N-dealkylation sites (tertiary alicyclic amines) is 1. The Balaban J connectivity index is 2.01. The number of hydrogen-bond donors (Lipinski definition) is 1. The van der Waals surface area contributed by atoms with Crippen LogP contribution in [0.3, 0.4) is 0 Å². The monoisotopic (exact) mass is 280 g/mol. The van der Waals surface area contributed by atoms with E-state index in [1.165, 1.54) is 24.0 Å². The molecule has 0 radical (unpaired) electrons. The molecule has 1 aromatic heterocycles. The van der Waals surface area contributed by atoms with Gasteiger partial charge in [-0.1, -0.05) is 0 Å². The molecule has 0 spiro atoms. The summed E-state index contributed by atoms with van der Waals surface area (Å²) in [4.78, 5) is 29.4. The van der Waals surface area contributed by atoms with Gasteiger partial charge in [-0.3, -0.25) is 4.79 Å². The van der Waals surface area contributed by atoms with Crippen molar-refractivity contribution in [2.75, 3.05) is 13.1 Å². The largest absolute Gasteiger partial charge is 0.477 e. The van der Waals surface area contributed by atoms with E-state index in [-0.39, 0.29) is 16.9 Å². The lowest BCUT2D eigenvalue weighted by atomic mass is 10.3. The SMILES string of the molecule is CC(Sc1ccnc(C(=O)O)c1)C(=O)N1CCCC1. The lowest BCUT2D eigenvalue weighted by molar-refractivity contribution is -0.129. The zero-order valence-electron chi connectivity index (χ0n) is 10.7. The number of nitrogens with zero attached hydrogens (tertiary/aromatic N) is 2. The third-order valence-corrected chi connectivity index (χ3v) is 4.11. The van der Waals surface area contributed by atoms with Crippen molar-refractivity contribution in [3.05, 3.63) is 24.0 Å². The van der Waals surface area contributed by atoms with Crippen LogP contribution in [0.2, 0.25) is 0 Å². The van der Waals surface area contributed by atoms with Crippen LogP contribution in [0.5, 0.6) is 0 Å². The van der Waals surface area contributed by atoms with Crippen LogP contribution in [-0.4, -0.2) is 45.2 Å². The highest BCUT2D eigenvalue weighted by molar-refractivity contribution is 8.00. The third-order valence-electron chi connectivity index (χ3n) is 3.03. The highest BCUT2D eigenvalue weighted by Gasteiger charge is 2.24. The maximum Gasteiger partial charge on any atom is 0.354 e. The van der Waals surface area contributed by atoms with Gasteiger partial charge >= 0.3 is 5.97 Å². The quantitative estimate of drug-likeness (QED) is 0.853. The normalized spacial score (nSPS) is 16.4. The number of rotatable bonds is 4. The summed E-state index contributed by atoms with van der Waals surface area (Å²) < 4.78 is 0. The summed E-state index contributed by atoms with van der Waals surface area (Å²) >= 11 is 1.38. The van der Waals surface area contributed by atoms with E-state index in [2.05, 4.69) is 4.98 Å². The molecule has 0 aromatic carbocycles. The standard InChI is InChI=1S/C13H16N2O3S/c1-9(12(16)15-6-2-3-7-15)19-10-4-5-14-11(8-10)13(17)18/h4-5,8-9H,2-3,6-7H2,1H3,(H,17,18). The summed E-state index contributed by atoms with van der Waals surface area (Å²) in [6, 6.07) is 3.23. The molecule has 1 unspecified atom stereocenters. The van der Waals surface area contributed by atoms with Crippen LogP contribution in [0.1, 0.15) is 30.3 Å². The molecule has 1 amide bonds. The minimum atomic E-state index is -1.05. The van der Waals surface area contributed by atoms with E-state index in [9.17, 15) is 9.59 Å². The Hall–Kier alpha value is -1.56. The summed E-state index contributed by atoms with van der Waals surface area (Å²) in [7, 11) is 0. The Morgan fingerprint density at radius 2 is 2.11 bits per heavy atom. The maximum absolute atomic E-state index is 12.1. The second-order valence-corrected chi connectivity index (χ2v) is 5.89. The molecule has 1 saturated heterocycles. The van der Waals surface area contributed by atoms with E-state index < -0.39 is 5.97 Å². The molecular formula is C13H16N2O3S. The third kappa shape index (κ3) is 3.47. The van der Waals surface area contributed by atoms with Crippen LogP contribution in [0.4, 0.5) is 0 Å². The molecule has 1 aliphatic heterocycles. The topological polar surface area (TPSA) is 70.5 Å². The Morgan fingerprint density at radius 1 is 1.42 bits per heavy atom. The summed E-state index contributed by atoms with van der Waals surface area (Å²) in [6.45, 7) is 3.52. The summed E-state index contributed by atoms with van der Waals surface area (Å²) in [5, 5.41) is 8.67. The fraction of sp³-hybridized carbons (Fsp3) is 0.462. The van der Waals surface area contributed by atoms with Crippen molar-refractivity contribution in [2.45, 2.75) is 29.9 Å². The average Bonchev–Trinajstić information content (AvgIpc) is 2.92. The van der Waals surface area contributed by atoms with E-state index in [0.29, 0.717) is 0 Å². The van der Waals surface area contributed by atoms with Gasteiger partial charge in [0.05, 0.1) is 5.25 Å². The van der Waals surface area contributed by atoms with E-state index in [0.717, 1.165) is 30.8 Å². The van der Waals surface area contributed by atoms with Crippen molar-refractivity contribution in [1.29, 1.82) is 0 Å². The summed E-state index contributed by atoms with van der Waals surface area (Å²) in [5.74, 6) is -0.933. The molecule has 1 aromatic rings. The lowest BCUT2D eigenvalue weighted by Gasteiger charge is -2.19. The number of carbonyl (C=O) groups is 2. The zero-order valence-corrected chi connectivity index (χ0v) is 11.5. The van der Waals surface area contributed by atoms with Gasteiger partial charge in [0.1, 0.15) is 5.69 Å². The molecule has 1 fully saturated rings.